The van der Waals surface area contributed by atoms with Crippen LogP contribution in [0.2, 0.25) is 0 Å². The van der Waals surface area contributed by atoms with Gasteiger partial charge in [0, 0.05) is 6.42 Å². The van der Waals surface area contributed by atoms with Crippen molar-refractivity contribution < 1.29 is 14.7 Å². The molecule has 0 aliphatic heterocycles. The van der Waals surface area contributed by atoms with Crippen LogP contribution in [0.1, 0.15) is 56.6 Å². The summed E-state index contributed by atoms with van der Waals surface area (Å²) in [6, 6.07) is 7.89. The summed E-state index contributed by atoms with van der Waals surface area (Å²) in [6.07, 6.45) is 7.46. The van der Waals surface area contributed by atoms with Gasteiger partial charge in [0.25, 0.3) is 0 Å². The number of carbonyl (C=O) groups excluding carboxylic acids is 1. The van der Waals surface area contributed by atoms with Gasteiger partial charge in [-0.15, -0.1) is 0 Å². The highest BCUT2D eigenvalue weighted by Gasteiger charge is 2.23. The summed E-state index contributed by atoms with van der Waals surface area (Å²) in [5, 5.41) is 12.0. The number of aliphatic carboxylic acids is 1. The molecule has 1 amide bonds. The quantitative estimate of drug-likeness (QED) is 0.817. The predicted molar refractivity (Wildman–Crippen MR) is 80.8 cm³/mol. The van der Waals surface area contributed by atoms with Crippen molar-refractivity contribution in [1.82, 2.24) is 5.32 Å². The molecule has 0 bridgehead atoms. The van der Waals surface area contributed by atoms with Crippen LogP contribution < -0.4 is 5.32 Å². The van der Waals surface area contributed by atoms with Gasteiger partial charge in [0.2, 0.25) is 5.91 Å². The molecule has 0 heterocycles. The van der Waals surface area contributed by atoms with Crippen LogP contribution in [0.5, 0.6) is 0 Å². The van der Waals surface area contributed by atoms with Gasteiger partial charge in [-0.05, 0) is 24.3 Å². The van der Waals surface area contributed by atoms with Gasteiger partial charge in [0.15, 0.2) is 6.04 Å². The molecule has 1 aliphatic carbocycles. The Morgan fingerprint density at radius 1 is 1.10 bits per heavy atom. The lowest BCUT2D eigenvalue weighted by atomic mass is 9.96. The second kappa shape index (κ2) is 7.81. The fourth-order valence-corrected chi connectivity index (χ4v) is 2.98. The number of rotatable bonds is 5. The van der Waals surface area contributed by atoms with Crippen molar-refractivity contribution in [2.75, 3.05) is 0 Å². The van der Waals surface area contributed by atoms with Gasteiger partial charge in [-0.25, -0.2) is 4.79 Å². The molecule has 2 rings (SSSR count). The minimum atomic E-state index is -1.02. The maximum Gasteiger partial charge on any atom is 0.330 e. The van der Waals surface area contributed by atoms with Crippen molar-refractivity contribution in [2.24, 2.45) is 5.92 Å². The Kier molecular flexibility index (Phi) is 5.78. The zero-order valence-electron chi connectivity index (χ0n) is 12.3. The van der Waals surface area contributed by atoms with E-state index in [-0.39, 0.29) is 5.91 Å². The number of nitrogens with one attached hydrogen (secondary N) is 1. The molecular weight excluding hydrogens is 266 g/mol. The fourth-order valence-electron chi connectivity index (χ4n) is 2.98. The molecule has 0 saturated heterocycles. The molecule has 1 aromatic rings. The zero-order valence-corrected chi connectivity index (χ0v) is 12.3. The van der Waals surface area contributed by atoms with Crippen molar-refractivity contribution in [3.05, 3.63) is 35.9 Å². The first-order valence-electron chi connectivity index (χ1n) is 7.74. The Bertz CT molecular complexity index is 464. The van der Waals surface area contributed by atoms with E-state index in [1.165, 1.54) is 25.7 Å². The normalized spacial score (nSPS) is 17.7. The van der Waals surface area contributed by atoms with Crippen molar-refractivity contribution in [2.45, 2.75) is 51.0 Å². The first kappa shape index (κ1) is 15.5. The van der Waals surface area contributed by atoms with E-state index in [4.69, 9.17) is 0 Å². The highest BCUT2D eigenvalue weighted by Crippen LogP contribution is 2.25. The summed E-state index contributed by atoms with van der Waals surface area (Å²) in [6.45, 7) is 0. The van der Waals surface area contributed by atoms with E-state index < -0.39 is 12.0 Å². The molecule has 0 spiro atoms. The number of hydrogen-bond acceptors (Lipinski definition) is 2. The molecule has 1 fully saturated rings. The zero-order chi connectivity index (χ0) is 15.1. The maximum absolute atomic E-state index is 12.1. The molecular formula is C17H23NO3. The number of hydrogen-bond donors (Lipinski definition) is 2. The number of carboxylic acid groups (broad SMARTS) is 1. The van der Waals surface area contributed by atoms with Crippen LogP contribution >= 0.6 is 0 Å². The van der Waals surface area contributed by atoms with Crippen molar-refractivity contribution >= 4 is 11.9 Å². The average molecular weight is 289 g/mol. The minimum absolute atomic E-state index is 0.154. The van der Waals surface area contributed by atoms with Crippen LogP contribution in [0.4, 0.5) is 0 Å². The van der Waals surface area contributed by atoms with Crippen LogP contribution in [-0.2, 0) is 9.59 Å². The second-order valence-corrected chi connectivity index (χ2v) is 5.81. The van der Waals surface area contributed by atoms with Gasteiger partial charge >= 0.3 is 5.97 Å². The highest BCUT2D eigenvalue weighted by atomic mass is 16.4. The third-order valence-electron chi connectivity index (χ3n) is 4.13. The number of benzene rings is 1. The molecule has 1 saturated carbocycles. The topological polar surface area (TPSA) is 66.4 Å². The molecule has 4 heteroatoms. The Balaban J connectivity index is 1.94. The van der Waals surface area contributed by atoms with Gasteiger partial charge in [0.1, 0.15) is 0 Å². The third-order valence-corrected chi connectivity index (χ3v) is 4.13. The standard InChI is InChI=1S/C17H23NO3/c19-15(12-13-8-4-1-2-5-9-13)18-16(17(20)21)14-10-6-3-7-11-14/h3,6-7,10-11,13,16H,1-2,4-5,8-9,12H2,(H,18,19)(H,20,21)/t16-/m0/s1. The largest absolute Gasteiger partial charge is 0.479 e. The van der Waals surface area contributed by atoms with Crippen molar-refractivity contribution in [3.63, 3.8) is 0 Å². The SMILES string of the molecule is O=C(CC1CCCCCC1)N[C@H](C(=O)O)c1ccccc1. The predicted octanol–water partition coefficient (Wildman–Crippen LogP) is 3.29. The van der Waals surface area contributed by atoms with Gasteiger partial charge in [-0.2, -0.15) is 0 Å². The van der Waals surface area contributed by atoms with E-state index in [0.29, 0.717) is 17.9 Å². The second-order valence-electron chi connectivity index (χ2n) is 5.81. The summed E-state index contributed by atoms with van der Waals surface area (Å²) in [7, 11) is 0. The molecule has 114 valence electrons. The summed E-state index contributed by atoms with van der Waals surface area (Å²) in [4.78, 5) is 23.5. The first-order valence-corrected chi connectivity index (χ1v) is 7.74. The average Bonchev–Trinajstić information content (AvgIpc) is 2.74. The molecule has 4 nitrogen and oxygen atoms in total. The van der Waals surface area contributed by atoms with E-state index in [2.05, 4.69) is 5.32 Å². The van der Waals surface area contributed by atoms with Crippen LogP contribution in [0, 0.1) is 5.92 Å². The molecule has 1 aliphatic rings. The molecule has 21 heavy (non-hydrogen) atoms. The number of amides is 1. The van der Waals surface area contributed by atoms with Crippen LogP contribution in [0.25, 0.3) is 0 Å². The lowest BCUT2D eigenvalue weighted by Gasteiger charge is -2.18. The lowest BCUT2D eigenvalue weighted by molar-refractivity contribution is -0.142. The van der Waals surface area contributed by atoms with Crippen molar-refractivity contribution in [1.29, 1.82) is 0 Å². The van der Waals surface area contributed by atoms with Crippen molar-refractivity contribution in [3.8, 4) is 0 Å². The molecule has 0 radical (unpaired) electrons. The summed E-state index contributed by atoms with van der Waals surface area (Å²) in [5.41, 5.74) is 0.610. The highest BCUT2D eigenvalue weighted by molar-refractivity contribution is 5.84. The van der Waals surface area contributed by atoms with E-state index in [1.807, 2.05) is 6.07 Å². The summed E-state index contributed by atoms with van der Waals surface area (Å²) >= 11 is 0. The summed E-state index contributed by atoms with van der Waals surface area (Å²) < 4.78 is 0. The van der Waals surface area contributed by atoms with Crippen LogP contribution in [0.3, 0.4) is 0 Å². The Morgan fingerprint density at radius 2 is 1.71 bits per heavy atom. The van der Waals surface area contributed by atoms with Gasteiger partial charge in [0.05, 0.1) is 0 Å². The number of carboxylic acids is 1. The number of carbonyl (C=O) groups is 2. The lowest BCUT2D eigenvalue weighted by Crippen LogP contribution is -2.34. The monoisotopic (exact) mass is 289 g/mol. The Hall–Kier alpha value is -1.84. The van der Waals surface area contributed by atoms with Gasteiger partial charge in [-0.1, -0.05) is 56.0 Å². The van der Waals surface area contributed by atoms with E-state index in [0.717, 1.165) is 12.8 Å². The van der Waals surface area contributed by atoms with Crippen LogP contribution in [0.15, 0.2) is 30.3 Å². The van der Waals surface area contributed by atoms with Gasteiger partial charge in [-0.3, -0.25) is 4.79 Å². The Morgan fingerprint density at radius 3 is 2.29 bits per heavy atom. The minimum Gasteiger partial charge on any atom is -0.479 e. The van der Waals surface area contributed by atoms with E-state index >= 15 is 0 Å². The molecule has 0 unspecified atom stereocenters. The fraction of sp³-hybridized carbons (Fsp3) is 0.529. The smallest absolute Gasteiger partial charge is 0.330 e. The molecule has 0 aromatic heterocycles. The van der Waals surface area contributed by atoms with Crippen LogP contribution in [-0.4, -0.2) is 17.0 Å². The maximum atomic E-state index is 12.1. The summed E-state index contributed by atoms with van der Waals surface area (Å²) in [5.74, 6) is -0.772. The Labute approximate surface area is 125 Å². The molecule has 2 N–H and O–H groups in total. The van der Waals surface area contributed by atoms with E-state index in [9.17, 15) is 14.7 Å². The third kappa shape index (κ3) is 4.88. The molecule has 1 atom stereocenters. The van der Waals surface area contributed by atoms with Gasteiger partial charge < -0.3 is 10.4 Å². The van der Waals surface area contributed by atoms with E-state index in [1.54, 1.807) is 24.3 Å². The first-order chi connectivity index (χ1) is 10.2. The molecule has 1 aromatic carbocycles.